The van der Waals surface area contributed by atoms with Gasteiger partial charge in [0.05, 0.1) is 6.04 Å². The molecule has 0 unspecified atom stereocenters. The molecule has 0 bridgehead atoms. The number of hydrogen-bond donors (Lipinski definition) is 2. The molecule has 0 aliphatic carbocycles. The molecule has 102 valence electrons. The van der Waals surface area contributed by atoms with Gasteiger partial charge in [0, 0.05) is 25.7 Å². The van der Waals surface area contributed by atoms with E-state index in [4.69, 9.17) is 0 Å². The number of likely N-dealkylation sites (tertiary alicyclic amines) is 1. The van der Waals surface area contributed by atoms with Crippen molar-refractivity contribution in [3.63, 3.8) is 0 Å². The lowest BCUT2D eigenvalue weighted by Crippen LogP contribution is -2.52. The summed E-state index contributed by atoms with van der Waals surface area (Å²) >= 11 is 0. The van der Waals surface area contributed by atoms with Crippen molar-refractivity contribution in [3.05, 3.63) is 12.7 Å². The summed E-state index contributed by atoms with van der Waals surface area (Å²) in [6.45, 7) is 7.84. The summed E-state index contributed by atoms with van der Waals surface area (Å²) < 4.78 is 0. The van der Waals surface area contributed by atoms with Gasteiger partial charge in [-0.05, 0) is 32.2 Å². The van der Waals surface area contributed by atoms with E-state index in [2.05, 4.69) is 22.1 Å². The Balaban J connectivity index is 1.70. The summed E-state index contributed by atoms with van der Waals surface area (Å²) in [4.78, 5) is 14.5. The van der Waals surface area contributed by atoms with E-state index in [9.17, 15) is 4.79 Å². The molecule has 2 rings (SSSR count). The Bertz CT molecular complexity index is 279. The van der Waals surface area contributed by atoms with Gasteiger partial charge in [0.2, 0.25) is 5.91 Å². The Hall–Kier alpha value is -0.870. The van der Waals surface area contributed by atoms with Crippen LogP contribution in [-0.2, 0) is 4.79 Å². The van der Waals surface area contributed by atoms with Crippen LogP contribution >= 0.6 is 0 Å². The van der Waals surface area contributed by atoms with Gasteiger partial charge < -0.3 is 10.6 Å². The van der Waals surface area contributed by atoms with E-state index in [-0.39, 0.29) is 11.9 Å². The largest absolute Gasteiger partial charge is 0.352 e. The van der Waals surface area contributed by atoms with Crippen LogP contribution in [0, 0.1) is 0 Å². The van der Waals surface area contributed by atoms with Crippen molar-refractivity contribution in [1.82, 2.24) is 15.5 Å². The zero-order valence-electron chi connectivity index (χ0n) is 11.2. The van der Waals surface area contributed by atoms with E-state index in [1.807, 2.05) is 6.08 Å². The molecule has 0 radical (unpaired) electrons. The van der Waals surface area contributed by atoms with Crippen LogP contribution in [0.2, 0.25) is 0 Å². The van der Waals surface area contributed by atoms with Gasteiger partial charge in [-0.15, -0.1) is 6.58 Å². The highest BCUT2D eigenvalue weighted by atomic mass is 16.2. The highest BCUT2D eigenvalue weighted by Gasteiger charge is 2.25. The van der Waals surface area contributed by atoms with Crippen molar-refractivity contribution in [2.24, 2.45) is 0 Å². The van der Waals surface area contributed by atoms with E-state index in [1.165, 1.54) is 12.8 Å². The van der Waals surface area contributed by atoms with Crippen LogP contribution in [0.1, 0.15) is 32.1 Å². The molecular weight excluding hydrogens is 226 g/mol. The first kappa shape index (κ1) is 13.6. The molecule has 2 heterocycles. The summed E-state index contributed by atoms with van der Waals surface area (Å²) in [7, 11) is 0. The molecule has 2 fully saturated rings. The average Bonchev–Trinajstić information content (AvgIpc) is 2.42. The van der Waals surface area contributed by atoms with Gasteiger partial charge in [-0.3, -0.25) is 9.69 Å². The fourth-order valence-electron chi connectivity index (χ4n) is 2.82. The zero-order chi connectivity index (χ0) is 12.8. The first-order valence-corrected chi connectivity index (χ1v) is 7.16. The molecule has 2 saturated heterocycles. The van der Waals surface area contributed by atoms with Crippen LogP contribution in [0.3, 0.4) is 0 Å². The zero-order valence-corrected chi connectivity index (χ0v) is 11.2. The number of rotatable bonds is 4. The normalized spacial score (nSPS) is 26.8. The molecular formula is C14H25N3O. The minimum Gasteiger partial charge on any atom is -0.352 e. The van der Waals surface area contributed by atoms with Crippen molar-refractivity contribution in [2.45, 2.75) is 44.2 Å². The Morgan fingerprint density at radius 2 is 2.11 bits per heavy atom. The van der Waals surface area contributed by atoms with Crippen molar-refractivity contribution in [2.75, 3.05) is 26.2 Å². The minimum atomic E-state index is 0.0463. The van der Waals surface area contributed by atoms with Crippen LogP contribution < -0.4 is 10.6 Å². The Kier molecular flexibility index (Phi) is 5.20. The summed E-state index contributed by atoms with van der Waals surface area (Å²) in [5.74, 6) is 0.205. The monoisotopic (exact) mass is 251 g/mol. The van der Waals surface area contributed by atoms with E-state index in [0.29, 0.717) is 6.04 Å². The number of carbonyl (C=O) groups is 1. The molecule has 1 amide bonds. The number of hydrogen-bond acceptors (Lipinski definition) is 3. The van der Waals surface area contributed by atoms with Gasteiger partial charge in [0.25, 0.3) is 0 Å². The summed E-state index contributed by atoms with van der Waals surface area (Å²) in [6.07, 6.45) is 7.43. The molecule has 2 N–H and O–H groups in total. The molecule has 2 aliphatic rings. The van der Waals surface area contributed by atoms with Crippen LogP contribution in [0.4, 0.5) is 0 Å². The standard InChI is InChI=1S/C14H25N3O/c1-2-9-17-10-6-12(7-11-17)16-14(18)13-5-3-4-8-15-13/h2,12-13,15H,1,3-11H2,(H,16,18)/t13-/m1/s1. The lowest BCUT2D eigenvalue weighted by molar-refractivity contribution is -0.124. The Morgan fingerprint density at radius 3 is 2.72 bits per heavy atom. The maximum atomic E-state index is 12.1. The Morgan fingerprint density at radius 1 is 1.33 bits per heavy atom. The maximum absolute atomic E-state index is 12.1. The highest BCUT2D eigenvalue weighted by molar-refractivity contribution is 5.82. The van der Waals surface area contributed by atoms with E-state index < -0.39 is 0 Å². The predicted molar refractivity (Wildman–Crippen MR) is 73.4 cm³/mol. The van der Waals surface area contributed by atoms with E-state index in [0.717, 1.165) is 45.4 Å². The lowest BCUT2D eigenvalue weighted by atomic mass is 10.0. The summed E-state index contributed by atoms with van der Waals surface area (Å²) in [5, 5.41) is 6.50. The molecule has 0 spiro atoms. The number of nitrogens with one attached hydrogen (secondary N) is 2. The molecule has 0 saturated carbocycles. The predicted octanol–water partition coefficient (Wildman–Crippen LogP) is 0.895. The molecule has 0 aromatic rings. The first-order chi connectivity index (χ1) is 8.79. The number of carbonyl (C=O) groups excluding carboxylic acids is 1. The van der Waals surface area contributed by atoms with E-state index in [1.54, 1.807) is 0 Å². The number of piperidine rings is 2. The van der Waals surface area contributed by atoms with Crippen molar-refractivity contribution in [3.8, 4) is 0 Å². The van der Waals surface area contributed by atoms with E-state index >= 15 is 0 Å². The van der Waals surface area contributed by atoms with Gasteiger partial charge in [0.1, 0.15) is 0 Å². The molecule has 4 heteroatoms. The molecule has 4 nitrogen and oxygen atoms in total. The van der Waals surface area contributed by atoms with Crippen LogP contribution in [0.25, 0.3) is 0 Å². The van der Waals surface area contributed by atoms with Gasteiger partial charge in [-0.2, -0.15) is 0 Å². The first-order valence-electron chi connectivity index (χ1n) is 7.16. The Labute approximate surface area is 110 Å². The number of amides is 1. The van der Waals surface area contributed by atoms with Gasteiger partial charge in [0.15, 0.2) is 0 Å². The van der Waals surface area contributed by atoms with Crippen molar-refractivity contribution >= 4 is 5.91 Å². The maximum Gasteiger partial charge on any atom is 0.237 e. The smallest absolute Gasteiger partial charge is 0.237 e. The van der Waals surface area contributed by atoms with Crippen LogP contribution in [0.15, 0.2) is 12.7 Å². The van der Waals surface area contributed by atoms with Crippen molar-refractivity contribution in [1.29, 1.82) is 0 Å². The summed E-state index contributed by atoms with van der Waals surface area (Å²) in [6, 6.07) is 0.409. The fraction of sp³-hybridized carbons (Fsp3) is 0.786. The third-order valence-electron chi connectivity index (χ3n) is 3.95. The van der Waals surface area contributed by atoms with Crippen LogP contribution in [0.5, 0.6) is 0 Å². The fourth-order valence-corrected chi connectivity index (χ4v) is 2.82. The highest BCUT2D eigenvalue weighted by Crippen LogP contribution is 2.12. The second-order valence-electron chi connectivity index (χ2n) is 5.37. The SMILES string of the molecule is C=CCN1CCC(NC(=O)[C@H]2CCCCN2)CC1. The number of nitrogens with zero attached hydrogens (tertiary/aromatic N) is 1. The molecule has 2 aliphatic heterocycles. The minimum absolute atomic E-state index is 0.0463. The van der Waals surface area contributed by atoms with Crippen molar-refractivity contribution < 1.29 is 4.79 Å². The molecule has 0 aromatic carbocycles. The molecule has 18 heavy (non-hydrogen) atoms. The van der Waals surface area contributed by atoms with Gasteiger partial charge >= 0.3 is 0 Å². The van der Waals surface area contributed by atoms with Gasteiger partial charge in [-0.1, -0.05) is 12.5 Å². The molecule has 0 aromatic heterocycles. The summed E-state index contributed by atoms with van der Waals surface area (Å²) in [5.41, 5.74) is 0. The lowest BCUT2D eigenvalue weighted by Gasteiger charge is -2.33. The third-order valence-corrected chi connectivity index (χ3v) is 3.95. The molecule has 1 atom stereocenters. The average molecular weight is 251 g/mol. The second kappa shape index (κ2) is 6.90. The third kappa shape index (κ3) is 3.82. The van der Waals surface area contributed by atoms with Gasteiger partial charge in [-0.25, -0.2) is 0 Å². The topological polar surface area (TPSA) is 44.4 Å². The quantitative estimate of drug-likeness (QED) is 0.730. The second-order valence-corrected chi connectivity index (χ2v) is 5.37. The van der Waals surface area contributed by atoms with Crippen LogP contribution in [-0.4, -0.2) is 49.1 Å².